The molecule has 13 heavy (non-hydrogen) atoms. The lowest BCUT2D eigenvalue weighted by molar-refractivity contribution is -0.123. The van der Waals surface area contributed by atoms with Gasteiger partial charge in [0.1, 0.15) is 6.04 Å². The van der Waals surface area contributed by atoms with Crippen LogP contribution in [0.5, 0.6) is 0 Å². The molecular weight excluding hydrogens is 166 g/mol. The van der Waals surface area contributed by atoms with Crippen LogP contribution in [0.1, 0.15) is 32.1 Å². The predicted molar refractivity (Wildman–Crippen MR) is 47.0 cm³/mol. The average Bonchev–Trinajstić information content (AvgIpc) is 2.81. The van der Waals surface area contributed by atoms with Gasteiger partial charge in [0.2, 0.25) is 6.08 Å². The number of Topliss-reactive ketones (excluding diaryl/α,β-unsaturated/α-hetero) is 1. The van der Waals surface area contributed by atoms with Crippen molar-refractivity contribution in [2.45, 2.75) is 38.1 Å². The maximum Gasteiger partial charge on any atom is 0.235 e. The molecule has 0 heterocycles. The minimum absolute atomic E-state index is 0.188. The molecule has 0 unspecified atom stereocenters. The molecule has 2 rings (SSSR count). The summed E-state index contributed by atoms with van der Waals surface area (Å²) in [5.41, 5.74) is 0. The fourth-order valence-electron chi connectivity index (χ4n) is 1.82. The molecule has 0 aliphatic heterocycles. The first-order chi connectivity index (χ1) is 6.33. The Bertz CT molecular complexity index is 260. The quantitative estimate of drug-likeness (QED) is 0.484. The van der Waals surface area contributed by atoms with Gasteiger partial charge in [-0.05, 0) is 31.6 Å². The minimum Gasteiger partial charge on any atom is -0.297 e. The summed E-state index contributed by atoms with van der Waals surface area (Å²) in [6.45, 7) is 0. The summed E-state index contributed by atoms with van der Waals surface area (Å²) in [6.07, 6.45) is 6.80. The Morgan fingerprint density at radius 1 is 1.31 bits per heavy atom. The Hall–Kier alpha value is -0.950. The average molecular weight is 179 g/mol. The van der Waals surface area contributed by atoms with Gasteiger partial charge in [-0.2, -0.15) is 4.99 Å². The van der Waals surface area contributed by atoms with Gasteiger partial charge in [-0.25, -0.2) is 4.79 Å². The Morgan fingerprint density at radius 2 is 2.00 bits per heavy atom. The molecule has 0 bridgehead atoms. The molecule has 0 saturated heterocycles. The molecule has 0 aromatic heterocycles. The highest BCUT2D eigenvalue weighted by Gasteiger charge is 2.40. The second-order valence-electron chi connectivity index (χ2n) is 4.03. The van der Waals surface area contributed by atoms with E-state index in [1.165, 1.54) is 12.5 Å². The van der Waals surface area contributed by atoms with Crippen LogP contribution in [0.2, 0.25) is 0 Å². The summed E-state index contributed by atoms with van der Waals surface area (Å²) >= 11 is 0. The summed E-state index contributed by atoms with van der Waals surface area (Å²) < 4.78 is 0. The lowest BCUT2D eigenvalue weighted by Crippen LogP contribution is -2.33. The molecule has 0 aromatic carbocycles. The number of hydrogen-bond donors (Lipinski definition) is 0. The van der Waals surface area contributed by atoms with Gasteiger partial charge in [0.05, 0.1) is 0 Å². The van der Waals surface area contributed by atoms with Gasteiger partial charge in [0.25, 0.3) is 0 Å². The van der Waals surface area contributed by atoms with E-state index >= 15 is 0 Å². The van der Waals surface area contributed by atoms with Crippen molar-refractivity contribution in [2.75, 3.05) is 0 Å². The predicted octanol–water partition coefficient (Wildman–Crippen LogP) is 1.47. The number of isocyanates is 1. The molecule has 1 atom stereocenters. The lowest BCUT2D eigenvalue weighted by Gasteiger charge is -2.29. The van der Waals surface area contributed by atoms with Crippen molar-refractivity contribution in [3.05, 3.63) is 0 Å². The van der Waals surface area contributed by atoms with E-state index in [2.05, 4.69) is 4.99 Å². The molecular formula is C10H13NO2. The Morgan fingerprint density at radius 3 is 2.38 bits per heavy atom. The second kappa shape index (κ2) is 3.43. The molecule has 0 radical (unpaired) electrons. The van der Waals surface area contributed by atoms with E-state index in [4.69, 9.17) is 0 Å². The highest BCUT2D eigenvalue weighted by molar-refractivity contribution is 5.89. The third-order valence-corrected chi connectivity index (χ3v) is 3.06. The third kappa shape index (κ3) is 1.70. The van der Waals surface area contributed by atoms with Crippen molar-refractivity contribution in [1.82, 2.24) is 0 Å². The molecule has 0 aromatic rings. The van der Waals surface area contributed by atoms with Crippen LogP contribution in [0.25, 0.3) is 0 Å². The Balaban J connectivity index is 2.02. The number of nitrogens with zero attached hydrogens (tertiary/aromatic N) is 1. The van der Waals surface area contributed by atoms with Crippen molar-refractivity contribution in [1.29, 1.82) is 0 Å². The number of carbonyl (C=O) groups is 1. The largest absolute Gasteiger partial charge is 0.297 e. The van der Waals surface area contributed by atoms with E-state index in [-0.39, 0.29) is 17.7 Å². The van der Waals surface area contributed by atoms with E-state index in [9.17, 15) is 9.59 Å². The van der Waals surface area contributed by atoms with Crippen LogP contribution in [-0.2, 0) is 9.59 Å². The summed E-state index contributed by atoms with van der Waals surface area (Å²) in [4.78, 5) is 25.5. The highest BCUT2D eigenvalue weighted by atomic mass is 16.1. The zero-order valence-electron chi connectivity index (χ0n) is 7.53. The van der Waals surface area contributed by atoms with Gasteiger partial charge in [-0.1, -0.05) is 6.42 Å². The second-order valence-corrected chi connectivity index (χ2v) is 4.03. The van der Waals surface area contributed by atoms with Gasteiger partial charge < -0.3 is 0 Å². The monoisotopic (exact) mass is 179 g/mol. The van der Waals surface area contributed by atoms with Crippen molar-refractivity contribution >= 4 is 11.9 Å². The van der Waals surface area contributed by atoms with Gasteiger partial charge in [-0.15, -0.1) is 0 Å². The van der Waals surface area contributed by atoms with E-state index in [0.29, 0.717) is 5.92 Å². The fourth-order valence-corrected chi connectivity index (χ4v) is 1.82. The van der Waals surface area contributed by atoms with E-state index in [1.807, 2.05) is 0 Å². The number of hydrogen-bond acceptors (Lipinski definition) is 3. The molecule has 2 saturated carbocycles. The van der Waals surface area contributed by atoms with Crippen molar-refractivity contribution in [2.24, 2.45) is 16.8 Å². The van der Waals surface area contributed by atoms with Crippen LogP contribution in [-0.4, -0.2) is 17.9 Å². The van der Waals surface area contributed by atoms with E-state index in [0.717, 1.165) is 25.7 Å². The summed E-state index contributed by atoms with van der Waals surface area (Å²) in [5.74, 6) is 0.741. The van der Waals surface area contributed by atoms with Crippen LogP contribution in [0, 0.1) is 11.8 Å². The summed E-state index contributed by atoms with van der Waals surface area (Å²) in [7, 11) is 0. The van der Waals surface area contributed by atoms with Crippen LogP contribution >= 0.6 is 0 Å². The number of rotatable bonds is 4. The first-order valence-corrected chi connectivity index (χ1v) is 4.93. The van der Waals surface area contributed by atoms with Gasteiger partial charge in [-0.3, -0.25) is 4.79 Å². The van der Waals surface area contributed by atoms with Gasteiger partial charge in [0, 0.05) is 5.92 Å². The molecule has 70 valence electrons. The standard InChI is InChI=1S/C10H13NO2/c12-6-11-9(7-2-1-3-7)10(13)8-4-5-8/h7-9H,1-5H2/t9-/m0/s1. The number of aliphatic imine (C=N–C) groups is 1. The SMILES string of the molecule is O=C=N[C@H](C(=O)C1CC1)C1CCC1. The van der Waals surface area contributed by atoms with Gasteiger partial charge in [0.15, 0.2) is 5.78 Å². The Labute approximate surface area is 77.2 Å². The van der Waals surface area contributed by atoms with E-state index in [1.54, 1.807) is 0 Å². The Kier molecular flexibility index (Phi) is 2.28. The molecule has 0 spiro atoms. The molecule has 2 aliphatic carbocycles. The molecule has 0 amide bonds. The van der Waals surface area contributed by atoms with Gasteiger partial charge >= 0.3 is 0 Å². The van der Waals surface area contributed by atoms with Crippen LogP contribution in [0.4, 0.5) is 0 Å². The number of ketones is 1. The summed E-state index contributed by atoms with van der Waals surface area (Å²) in [6, 6.07) is -0.348. The molecule has 2 aliphatic rings. The van der Waals surface area contributed by atoms with Crippen molar-refractivity contribution < 1.29 is 9.59 Å². The van der Waals surface area contributed by atoms with Crippen LogP contribution in [0.3, 0.4) is 0 Å². The highest BCUT2D eigenvalue weighted by Crippen LogP contribution is 2.38. The minimum atomic E-state index is -0.348. The lowest BCUT2D eigenvalue weighted by atomic mass is 9.78. The van der Waals surface area contributed by atoms with Crippen LogP contribution < -0.4 is 0 Å². The van der Waals surface area contributed by atoms with Crippen molar-refractivity contribution in [3.8, 4) is 0 Å². The fraction of sp³-hybridized carbons (Fsp3) is 0.800. The van der Waals surface area contributed by atoms with Crippen LogP contribution in [0.15, 0.2) is 4.99 Å². The third-order valence-electron chi connectivity index (χ3n) is 3.06. The van der Waals surface area contributed by atoms with Crippen molar-refractivity contribution in [3.63, 3.8) is 0 Å². The topological polar surface area (TPSA) is 46.5 Å². The smallest absolute Gasteiger partial charge is 0.235 e. The molecule has 0 N–H and O–H groups in total. The zero-order chi connectivity index (χ0) is 9.26. The maximum absolute atomic E-state index is 11.7. The first kappa shape index (κ1) is 8.64. The molecule has 2 fully saturated rings. The van der Waals surface area contributed by atoms with E-state index < -0.39 is 0 Å². The summed E-state index contributed by atoms with van der Waals surface area (Å²) in [5, 5.41) is 0. The molecule has 3 heteroatoms. The molecule has 3 nitrogen and oxygen atoms in total. The zero-order valence-corrected chi connectivity index (χ0v) is 7.53. The number of carbonyl (C=O) groups excluding carboxylic acids is 2. The first-order valence-electron chi connectivity index (χ1n) is 4.93. The maximum atomic E-state index is 11.7. The normalized spacial score (nSPS) is 24.3.